The molecule has 7 heterocycles. The molecule has 194 valence electrons. The standard InChI is InChI=1S/C27H28FN9O/c1-2-6-19-27(38-19)32-16-11-15(12-29-13-16)17-14-31-24-20(21(17)28)23(35-36-24)26-33-22-18(7-8-30-25(22)34-26)37-9-4-3-5-10-37/h7-8,11-14,19,27,32H,2-6,9-10H2,1H3,(H,30,33,34)(H,31,35,36). The molecule has 2 aliphatic heterocycles. The quantitative estimate of drug-likeness (QED) is 0.259. The summed E-state index contributed by atoms with van der Waals surface area (Å²) < 4.78 is 21.7. The Morgan fingerprint density at radius 3 is 2.89 bits per heavy atom. The number of H-pyrrole nitrogens is 2. The van der Waals surface area contributed by atoms with Gasteiger partial charge in [0.25, 0.3) is 0 Å². The molecule has 2 saturated heterocycles. The van der Waals surface area contributed by atoms with Gasteiger partial charge in [0.15, 0.2) is 23.3 Å². The summed E-state index contributed by atoms with van der Waals surface area (Å²) in [5, 5.41) is 10.8. The number of nitrogens with one attached hydrogen (secondary N) is 3. The third-order valence-electron chi connectivity index (χ3n) is 7.32. The van der Waals surface area contributed by atoms with Crippen LogP contribution < -0.4 is 10.2 Å². The molecule has 3 N–H and O–H groups in total. The van der Waals surface area contributed by atoms with Crippen LogP contribution >= 0.6 is 0 Å². The van der Waals surface area contributed by atoms with Gasteiger partial charge in [-0.3, -0.25) is 10.1 Å². The summed E-state index contributed by atoms with van der Waals surface area (Å²) in [6.07, 6.45) is 12.4. The lowest BCUT2D eigenvalue weighted by Gasteiger charge is -2.28. The van der Waals surface area contributed by atoms with Crippen LogP contribution in [-0.2, 0) is 4.74 Å². The number of anilines is 2. The van der Waals surface area contributed by atoms with Crippen LogP contribution in [0.15, 0.2) is 36.9 Å². The van der Waals surface area contributed by atoms with Crippen molar-refractivity contribution in [3.8, 4) is 22.6 Å². The lowest BCUT2D eigenvalue weighted by molar-refractivity contribution is 0.372. The summed E-state index contributed by atoms with van der Waals surface area (Å²) in [4.78, 5) is 23.7. The molecule has 10 nitrogen and oxygen atoms in total. The lowest BCUT2D eigenvalue weighted by atomic mass is 10.1. The van der Waals surface area contributed by atoms with Crippen LogP contribution in [0.3, 0.4) is 0 Å². The van der Waals surface area contributed by atoms with E-state index in [9.17, 15) is 0 Å². The first-order valence-corrected chi connectivity index (χ1v) is 13.2. The predicted molar refractivity (Wildman–Crippen MR) is 143 cm³/mol. The highest BCUT2D eigenvalue weighted by Gasteiger charge is 2.37. The number of nitrogens with zero attached hydrogens (tertiary/aromatic N) is 6. The third-order valence-corrected chi connectivity index (χ3v) is 7.32. The van der Waals surface area contributed by atoms with Crippen LogP contribution in [0.4, 0.5) is 15.8 Å². The number of aromatic amines is 2. The molecule has 38 heavy (non-hydrogen) atoms. The Kier molecular flexibility index (Phi) is 5.65. The van der Waals surface area contributed by atoms with Gasteiger partial charge in [-0.15, -0.1) is 0 Å². The van der Waals surface area contributed by atoms with Crippen LogP contribution in [0.2, 0.25) is 0 Å². The van der Waals surface area contributed by atoms with Gasteiger partial charge in [-0.25, -0.2) is 19.3 Å². The SMILES string of the molecule is CCCC1OC1Nc1cncc(-c2cnc3[nH]nc(-c4nc5c(N6CCCCC6)ccnc5[nH]4)c3c2F)c1. The van der Waals surface area contributed by atoms with E-state index in [4.69, 9.17) is 9.72 Å². The van der Waals surface area contributed by atoms with Crippen LogP contribution in [0.25, 0.3) is 44.8 Å². The number of hydrogen-bond donors (Lipinski definition) is 3. The third kappa shape index (κ3) is 4.03. The summed E-state index contributed by atoms with van der Waals surface area (Å²) in [6, 6.07) is 3.85. The number of halogens is 1. The fourth-order valence-electron chi connectivity index (χ4n) is 5.33. The average molecular weight is 514 g/mol. The molecule has 11 heteroatoms. The first kappa shape index (κ1) is 23.0. The minimum atomic E-state index is -0.436. The maximum Gasteiger partial charge on any atom is 0.161 e. The summed E-state index contributed by atoms with van der Waals surface area (Å²) in [6.45, 7) is 4.11. The molecule has 5 aromatic rings. The van der Waals surface area contributed by atoms with Gasteiger partial charge in [-0.2, -0.15) is 5.10 Å². The Bertz CT molecular complexity index is 1620. The molecule has 7 rings (SSSR count). The van der Waals surface area contributed by atoms with Crippen LogP contribution in [0.1, 0.15) is 39.0 Å². The molecule has 0 saturated carbocycles. The zero-order chi connectivity index (χ0) is 25.6. The summed E-state index contributed by atoms with van der Waals surface area (Å²) in [7, 11) is 0. The summed E-state index contributed by atoms with van der Waals surface area (Å²) >= 11 is 0. The molecule has 0 aromatic carbocycles. The lowest BCUT2D eigenvalue weighted by Crippen LogP contribution is -2.29. The number of imidazole rings is 1. The van der Waals surface area contributed by atoms with Crippen LogP contribution in [0.5, 0.6) is 0 Å². The number of pyridine rings is 3. The number of aromatic nitrogens is 7. The highest BCUT2D eigenvalue weighted by Crippen LogP contribution is 2.35. The Labute approximate surface area is 218 Å². The van der Waals surface area contributed by atoms with Crippen molar-refractivity contribution in [1.82, 2.24) is 35.1 Å². The molecule has 2 atom stereocenters. The zero-order valence-corrected chi connectivity index (χ0v) is 21.0. The van der Waals surface area contributed by atoms with Crippen LogP contribution in [0, 0.1) is 5.82 Å². The fourth-order valence-corrected chi connectivity index (χ4v) is 5.33. The smallest absolute Gasteiger partial charge is 0.161 e. The monoisotopic (exact) mass is 513 g/mol. The van der Waals surface area contributed by atoms with Crippen molar-refractivity contribution in [2.75, 3.05) is 23.3 Å². The molecule has 0 radical (unpaired) electrons. The molecule has 5 aromatic heterocycles. The minimum absolute atomic E-state index is 0.0329. The van der Waals surface area contributed by atoms with Gasteiger partial charge >= 0.3 is 0 Å². The van der Waals surface area contributed by atoms with Crippen LogP contribution in [-0.4, -0.2) is 60.5 Å². The van der Waals surface area contributed by atoms with Gasteiger partial charge in [-0.05, 0) is 37.8 Å². The van der Waals surface area contributed by atoms with E-state index in [2.05, 4.69) is 47.3 Å². The van der Waals surface area contributed by atoms with Crippen molar-refractivity contribution in [1.29, 1.82) is 0 Å². The van der Waals surface area contributed by atoms with Crippen molar-refractivity contribution >= 4 is 33.6 Å². The van der Waals surface area contributed by atoms with Crippen molar-refractivity contribution < 1.29 is 9.13 Å². The van der Waals surface area contributed by atoms with E-state index < -0.39 is 5.82 Å². The molecule has 2 aliphatic rings. The topological polar surface area (TPSA) is 124 Å². The van der Waals surface area contributed by atoms with Gasteiger partial charge in [-0.1, -0.05) is 13.3 Å². The van der Waals surface area contributed by atoms with Crippen molar-refractivity contribution in [3.05, 3.63) is 42.7 Å². The first-order chi connectivity index (χ1) is 18.7. The molecular weight excluding hydrogens is 485 g/mol. The maximum absolute atomic E-state index is 16.1. The second-order valence-electron chi connectivity index (χ2n) is 9.93. The van der Waals surface area contributed by atoms with Gasteiger partial charge in [0.05, 0.1) is 23.0 Å². The van der Waals surface area contributed by atoms with E-state index in [1.807, 2.05) is 12.1 Å². The van der Waals surface area contributed by atoms with Gasteiger partial charge in [0.1, 0.15) is 23.1 Å². The van der Waals surface area contributed by atoms with E-state index in [1.54, 1.807) is 18.6 Å². The molecule has 2 unspecified atom stereocenters. The Morgan fingerprint density at radius 1 is 1.13 bits per heavy atom. The molecule has 2 fully saturated rings. The Morgan fingerprint density at radius 2 is 2.03 bits per heavy atom. The number of ether oxygens (including phenoxy) is 1. The maximum atomic E-state index is 16.1. The molecule has 0 aliphatic carbocycles. The highest BCUT2D eigenvalue weighted by molar-refractivity contribution is 5.95. The Hall–Kier alpha value is -4.12. The van der Waals surface area contributed by atoms with Crippen molar-refractivity contribution in [3.63, 3.8) is 0 Å². The van der Waals surface area contributed by atoms with Crippen molar-refractivity contribution in [2.24, 2.45) is 0 Å². The summed E-state index contributed by atoms with van der Waals surface area (Å²) in [5.41, 5.74) is 4.88. The van der Waals surface area contributed by atoms with Gasteiger partial charge < -0.3 is 19.9 Å². The summed E-state index contributed by atoms with van der Waals surface area (Å²) in [5.74, 6) is 0.0105. The van der Waals surface area contributed by atoms with Crippen molar-refractivity contribution in [2.45, 2.75) is 51.4 Å². The predicted octanol–water partition coefficient (Wildman–Crippen LogP) is 5.02. The van der Waals surface area contributed by atoms with Gasteiger partial charge in [0.2, 0.25) is 0 Å². The fraction of sp³-hybridized carbons (Fsp3) is 0.370. The van der Waals surface area contributed by atoms with E-state index in [0.717, 1.165) is 55.7 Å². The second-order valence-corrected chi connectivity index (χ2v) is 9.93. The molecule has 0 bridgehead atoms. The average Bonchev–Trinajstić information content (AvgIpc) is 3.33. The zero-order valence-electron chi connectivity index (χ0n) is 21.0. The molecule has 0 spiro atoms. The minimum Gasteiger partial charge on any atom is -0.370 e. The number of rotatable bonds is 7. The van der Waals surface area contributed by atoms with E-state index >= 15 is 4.39 Å². The largest absolute Gasteiger partial charge is 0.370 e. The van der Waals surface area contributed by atoms with E-state index in [-0.39, 0.29) is 17.7 Å². The Balaban J connectivity index is 1.25. The van der Waals surface area contributed by atoms with E-state index in [0.29, 0.717) is 33.9 Å². The highest BCUT2D eigenvalue weighted by atomic mass is 19.1. The number of fused-ring (bicyclic) bond motifs is 2. The number of hydrogen-bond acceptors (Lipinski definition) is 8. The number of epoxide rings is 1. The molecular formula is C27H28FN9O. The normalized spacial score (nSPS) is 19.4. The first-order valence-electron chi connectivity index (χ1n) is 13.2. The van der Waals surface area contributed by atoms with E-state index in [1.165, 1.54) is 12.6 Å². The molecule has 0 amide bonds. The number of piperidine rings is 1. The second kappa shape index (κ2) is 9.32. The van der Waals surface area contributed by atoms with Gasteiger partial charge in [0, 0.05) is 42.8 Å².